The maximum Gasteiger partial charge on any atom is 0.471 e. The molecule has 2 aromatic heterocycles. The normalized spacial score (nSPS) is 13.6. The van der Waals surface area contributed by atoms with E-state index in [1.807, 2.05) is 0 Å². The molecule has 1 amide bonds. The molecule has 2 aromatic carbocycles. The summed E-state index contributed by atoms with van der Waals surface area (Å²) in [5, 5.41) is 2.96. The average Bonchev–Trinajstić information content (AvgIpc) is 3.49. The van der Waals surface area contributed by atoms with Crippen molar-refractivity contribution in [3.05, 3.63) is 82.9 Å². The monoisotopic (exact) mass is 566 g/mol. The molecule has 0 aliphatic carbocycles. The van der Waals surface area contributed by atoms with Crippen molar-refractivity contribution in [2.75, 3.05) is 0 Å². The van der Waals surface area contributed by atoms with Crippen molar-refractivity contribution >= 4 is 31.6 Å². The molecule has 1 atom stereocenters. The number of amides is 1. The van der Waals surface area contributed by atoms with Gasteiger partial charge in [0.1, 0.15) is 0 Å². The largest absolute Gasteiger partial charge is 0.471 e. The van der Waals surface area contributed by atoms with Gasteiger partial charge in [-0.15, -0.1) is 0 Å². The Morgan fingerprint density at radius 3 is 2.46 bits per heavy atom. The number of hydrogen-bond donors (Lipinski definition) is 0. The maximum absolute atomic E-state index is 13.6. The lowest BCUT2D eigenvalue weighted by Crippen LogP contribution is -2.16. The van der Waals surface area contributed by atoms with E-state index >= 15 is 0 Å². The van der Waals surface area contributed by atoms with Crippen molar-refractivity contribution in [1.82, 2.24) is 14.7 Å². The molecule has 0 spiro atoms. The van der Waals surface area contributed by atoms with Crippen molar-refractivity contribution in [3.8, 4) is 17.1 Å². The lowest BCUT2D eigenvalue weighted by Gasteiger charge is -2.14. The quantitative estimate of drug-likeness (QED) is 0.279. The van der Waals surface area contributed by atoms with Crippen LogP contribution in [0.25, 0.3) is 17.1 Å². The summed E-state index contributed by atoms with van der Waals surface area (Å²) in [5.74, 6) is -2.23. The third kappa shape index (κ3) is 5.22. The topological polar surface area (TPSA) is 90.3 Å². The number of halogens is 4. The second-order valence-corrected chi connectivity index (χ2v) is 11.4. The van der Waals surface area contributed by atoms with Gasteiger partial charge in [0.05, 0.1) is 15.3 Å². The van der Waals surface area contributed by atoms with Crippen molar-refractivity contribution in [3.63, 3.8) is 0 Å². The van der Waals surface area contributed by atoms with E-state index in [-0.39, 0.29) is 11.4 Å². The molecule has 2 heterocycles. The molecule has 0 saturated heterocycles. The van der Waals surface area contributed by atoms with Crippen LogP contribution in [0.5, 0.6) is 0 Å². The first-order valence-electron chi connectivity index (χ1n) is 10.2. The number of hydrogen-bond acceptors (Lipinski definition) is 5. The van der Waals surface area contributed by atoms with Crippen molar-refractivity contribution in [2.24, 2.45) is 4.36 Å². The predicted molar refractivity (Wildman–Crippen MR) is 127 cm³/mol. The fraction of sp³-hybridized carbons (Fsp3) is 0.174. The standard InChI is InChI=1S/C23H18BrF3N4O3S/c1-14(2)35(33,19-5-3-4-17(24)12-19)30-21(32)16-10-11-31(13-16)18-8-6-15(7-9-18)20-28-22(34-29-20)23(25,26)27/h3-14H,1-2H3. The predicted octanol–water partition coefficient (Wildman–Crippen LogP) is 6.38. The van der Waals surface area contributed by atoms with Crippen LogP contribution in [0.1, 0.15) is 30.1 Å². The molecule has 0 N–H and O–H groups in total. The molecule has 4 rings (SSSR count). The molecule has 1 unspecified atom stereocenters. The molecular formula is C23H18BrF3N4O3S. The van der Waals surface area contributed by atoms with Crippen LogP contribution in [0.4, 0.5) is 13.2 Å². The molecule has 0 bridgehead atoms. The Morgan fingerprint density at radius 2 is 1.86 bits per heavy atom. The maximum atomic E-state index is 13.6. The second kappa shape index (κ2) is 9.42. The number of benzene rings is 2. The fourth-order valence-electron chi connectivity index (χ4n) is 3.18. The van der Waals surface area contributed by atoms with Gasteiger partial charge in [0.25, 0.3) is 5.91 Å². The first-order chi connectivity index (χ1) is 16.5. The van der Waals surface area contributed by atoms with Gasteiger partial charge >= 0.3 is 12.1 Å². The summed E-state index contributed by atoms with van der Waals surface area (Å²) in [5.41, 5.74) is 1.20. The number of carbonyl (C=O) groups excluding carboxylic acids is 1. The van der Waals surface area contributed by atoms with E-state index in [1.165, 1.54) is 18.3 Å². The summed E-state index contributed by atoms with van der Waals surface area (Å²) in [6, 6.07) is 14.8. The molecule has 12 heteroatoms. The van der Waals surface area contributed by atoms with E-state index < -0.39 is 33.0 Å². The van der Waals surface area contributed by atoms with E-state index in [1.54, 1.807) is 67.1 Å². The number of aromatic nitrogens is 3. The van der Waals surface area contributed by atoms with E-state index in [0.29, 0.717) is 16.1 Å². The second-order valence-electron chi connectivity index (χ2n) is 7.75. The van der Waals surface area contributed by atoms with Gasteiger partial charge in [-0.3, -0.25) is 4.79 Å². The number of alkyl halides is 3. The Labute approximate surface area is 207 Å². The molecule has 0 aliphatic heterocycles. The van der Waals surface area contributed by atoms with Crippen LogP contribution in [0, 0.1) is 0 Å². The van der Waals surface area contributed by atoms with Crippen LogP contribution in [0.3, 0.4) is 0 Å². The smallest absolute Gasteiger partial charge is 0.329 e. The highest BCUT2D eigenvalue weighted by atomic mass is 79.9. The molecule has 0 aliphatic rings. The van der Waals surface area contributed by atoms with Gasteiger partial charge in [-0.1, -0.05) is 27.2 Å². The highest BCUT2D eigenvalue weighted by molar-refractivity contribution is 9.10. The van der Waals surface area contributed by atoms with Gasteiger partial charge in [0.15, 0.2) is 0 Å². The number of rotatable bonds is 5. The van der Waals surface area contributed by atoms with Crippen LogP contribution in [0.15, 0.2) is 85.2 Å². The molecule has 0 fully saturated rings. The summed E-state index contributed by atoms with van der Waals surface area (Å²) >= 11 is 3.36. The average molecular weight is 567 g/mol. The lowest BCUT2D eigenvalue weighted by atomic mass is 10.2. The minimum Gasteiger partial charge on any atom is -0.329 e. The van der Waals surface area contributed by atoms with Gasteiger partial charge in [-0.05, 0) is 62.4 Å². The zero-order chi connectivity index (χ0) is 25.4. The Balaban J connectivity index is 1.59. The Bertz CT molecular complexity index is 1500. The third-order valence-corrected chi connectivity index (χ3v) is 8.16. The molecule has 7 nitrogen and oxygen atoms in total. The minimum atomic E-state index is -4.72. The molecule has 0 saturated carbocycles. The SMILES string of the molecule is CC(C)S(=O)(=NC(=O)c1ccn(-c2ccc(-c3noc(C(F)(F)F)n3)cc2)c1)c1cccc(Br)c1. The van der Waals surface area contributed by atoms with E-state index in [4.69, 9.17) is 0 Å². The summed E-state index contributed by atoms with van der Waals surface area (Å²) in [6.45, 7) is 3.49. The minimum absolute atomic E-state index is 0.193. The number of nitrogens with zero attached hydrogens (tertiary/aromatic N) is 4. The van der Waals surface area contributed by atoms with Crippen molar-refractivity contribution < 1.29 is 26.7 Å². The van der Waals surface area contributed by atoms with Crippen LogP contribution < -0.4 is 0 Å². The Morgan fingerprint density at radius 1 is 1.14 bits per heavy atom. The van der Waals surface area contributed by atoms with Crippen LogP contribution in [-0.4, -0.2) is 30.1 Å². The van der Waals surface area contributed by atoms with Gasteiger partial charge < -0.3 is 9.09 Å². The van der Waals surface area contributed by atoms with Gasteiger partial charge in [0, 0.05) is 38.3 Å². The molecule has 35 heavy (non-hydrogen) atoms. The van der Waals surface area contributed by atoms with Crippen molar-refractivity contribution in [1.29, 1.82) is 0 Å². The van der Waals surface area contributed by atoms with Gasteiger partial charge in [0.2, 0.25) is 5.82 Å². The summed E-state index contributed by atoms with van der Waals surface area (Å²) in [7, 11) is -3.02. The van der Waals surface area contributed by atoms with Crippen LogP contribution >= 0.6 is 15.9 Å². The Kier molecular flexibility index (Phi) is 6.69. The van der Waals surface area contributed by atoms with Crippen molar-refractivity contribution in [2.45, 2.75) is 30.2 Å². The van der Waals surface area contributed by atoms with Gasteiger partial charge in [-0.25, -0.2) is 4.21 Å². The highest BCUT2D eigenvalue weighted by Gasteiger charge is 2.38. The van der Waals surface area contributed by atoms with Crippen LogP contribution in [0.2, 0.25) is 0 Å². The lowest BCUT2D eigenvalue weighted by molar-refractivity contribution is -0.159. The first kappa shape index (κ1) is 24.9. The number of carbonyl (C=O) groups is 1. The molecule has 182 valence electrons. The summed E-state index contributed by atoms with van der Waals surface area (Å²) in [4.78, 5) is 16.7. The Hall–Kier alpha value is -3.25. The van der Waals surface area contributed by atoms with E-state index in [9.17, 15) is 22.2 Å². The molecular weight excluding hydrogens is 549 g/mol. The van der Waals surface area contributed by atoms with Gasteiger partial charge in [-0.2, -0.15) is 22.5 Å². The highest BCUT2D eigenvalue weighted by Crippen LogP contribution is 2.30. The summed E-state index contributed by atoms with van der Waals surface area (Å²) < 4.78 is 62.4. The zero-order valence-corrected chi connectivity index (χ0v) is 20.8. The molecule has 4 aromatic rings. The summed E-state index contributed by atoms with van der Waals surface area (Å²) in [6.07, 6.45) is -1.55. The van der Waals surface area contributed by atoms with Crippen LogP contribution in [-0.2, 0) is 15.9 Å². The van der Waals surface area contributed by atoms with E-state index in [2.05, 4.69) is 35.0 Å². The first-order valence-corrected chi connectivity index (χ1v) is 12.6. The van der Waals surface area contributed by atoms with E-state index in [0.717, 1.165) is 4.47 Å². The zero-order valence-electron chi connectivity index (χ0n) is 18.4. The fourth-order valence-corrected chi connectivity index (χ4v) is 5.51. The molecule has 0 radical (unpaired) electrons. The third-order valence-electron chi connectivity index (χ3n) is 5.02.